The van der Waals surface area contributed by atoms with Gasteiger partial charge >= 0.3 is 5.97 Å². The number of hydrogen-bond donors (Lipinski definition) is 2. The molecule has 2 aromatic carbocycles. The van der Waals surface area contributed by atoms with Crippen molar-refractivity contribution in [1.29, 1.82) is 0 Å². The number of morpholine rings is 1. The van der Waals surface area contributed by atoms with Crippen molar-refractivity contribution >= 4 is 21.7 Å². The van der Waals surface area contributed by atoms with Crippen LogP contribution >= 0.6 is 0 Å². The minimum atomic E-state index is -3.65. The number of nitrogens with one attached hydrogen (secondary N) is 2. The normalized spacial score (nSPS) is 19.7. The summed E-state index contributed by atoms with van der Waals surface area (Å²) in [5.41, 5.74) is 1.88. The average molecular weight is 402 g/mol. The first kappa shape index (κ1) is 20.0. The van der Waals surface area contributed by atoms with E-state index in [4.69, 9.17) is 4.74 Å². The highest BCUT2D eigenvalue weighted by Crippen LogP contribution is 2.12. The molecule has 0 spiro atoms. The van der Waals surface area contributed by atoms with Crippen molar-refractivity contribution in [3.8, 4) is 0 Å². The Morgan fingerprint density at radius 3 is 2.50 bits per heavy atom. The first-order chi connectivity index (χ1) is 13.3. The van der Waals surface area contributed by atoms with E-state index < -0.39 is 39.7 Å². The lowest BCUT2D eigenvalue weighted by Crippen LogP contribution is -2.58. The van der Waals surface area contributed by atoms with Gasteiger partial charge in [-0.2, -0.15) is 0 Å². The minimum absolute atomic E-state index is 0.138. The Morgan fingerprint density at radius 1 is 1.14 bits per heavy atom. The van der Waals surface area contributed by atoms with Gasteiger partial charge in [0.2, 0.25) is 5.91 Å². The standard InChI is InChI=1S/C20H22N2O5S/c1-14-7-9-16(10-8-14)28(25,26)13-21-19(23)18-12-27-20(24)17(22-18)11-15-5-3-2-4-6-15/h2-10,17-18,22H,11-13H2,1H3,(H,21,23)/t17-,18-/m0/s1. The van der Waals surface area contributed by atoms with E-state index in [0.29, 0.717) is 6.42 Å². The van der Waals surface area contributed by atoms with Crippen molar-refractivity contribution in [2.75, 3.05) is 12.5 Å². The maximum atomic E-state index is 12.4. The zero-order valence-electron chi connectivity index (χ0n) is 15.4. The number of hydrogen-bond acceptors (Lipinski definition) is 6. The molecule has 2 N–H and O–H groups in total. The van der Waals surface area contributed by atoms with Crippen LogP contribution in [0.4, 0.5) is 0 Å². The zero-order valence-corrected chi connectivity index (χ0v) is 16.2. The van der Waals surface area contributed by atoms with E-state index in [2.05, 4.69) is 10.6 Å². The number of cyclic esters (lactones) is 1. The van der Waals surface area contributed by atoms with E-state index in [1.54, 1.807) is 12.1 Å². The maximum absolute atomic E-state index is 12.4. The predicted octanol–water partition coefficient (Wildman–Crippen LogP) is 0.969. The number of aryl methyl sites for hydroxylation is 1. The number of amides is 1. The van der Waals surface area contributed by atoms with Gasteiger partial charge in [-0.3, -0.25) is 14.9 Å². The molecule has 3 rings (SSSR count). The van der Waals surface area contributed by atoms with Crippen LogP contribution < -0.4 is 10.6 Å². The highest BCUT2D eigenvalue weighted by atomic mass is 32.2. The number of rotatable bonds is 6. The summed E-state index contributed by atoms with van der Waals surface area (Å²) in [4.78, 5) is 24.5. The smallest absolute Gasteiger partial charge is 0.323 e. The number of carbonyl (C=O) groups is 2. The highest BCUT2D eigenvalue weighted by molar-refractivity contribution is 7.91. The molecule has 0 bridgehead atoms. The Morgan fingerprint density at radius 2 is 1.82 bits per heavy atom. The van der Waals surface area contributed by atoms with Gasteiger partial charge in [0.25, 0.3) is 0 Å². The van der Waals surface area contributed by atoms with Crippen LogP contribution in [0.3, 0.4) is 0 Å². The molecule has 1 saturated heterocycles. The number of carbonyl (C=O) groups excluding carboxylic acids is 2. The summed E-state index contributed by atoms with van der Waals surface area (Å²) in [5, 5.41) is 5.38. The minimum Gasteiger partial charge on any atom is -0.462 e. The monoisotopic (exact) mass is 402 g/mol. The van der Waals surface area contributed by atoms with E-state index >= 15 is 0 Å². The quantitative estimate of drug-likeness (QED) is 0.698. The van der Waals surface area contributed by atoms with Crippen LogP contribution in [0.15, 0.2) is 59.5 Å². The van der Waals surface area contributed by atoms with Gasteiger partial charge in [0.15, 0.2) is 9.84 Å². The molecule has 0 radical (unpaired) electrons. The van der Waals surface area contributed by atoms with E-state index in [1.807, 2.05) is 37.3 Å². The Kier molecular flexibility index (Phi) is 6.11. The molecule has 7 nitrogen and oxygen atoms in total. The summed E-state index contributed by atoms with van der Waals surface area (Å²) in [6.45, 7) is 1.72. The summed E-state index contributed by atoms with van der Waals surface area (Å²) in [5.74, 6) is -1.48. The number of sulfone groups is 1. The molecule has 0 unspecified atom stereocenters. The lowest BCUT2D eigenvalue weighted by molar-refractivity contribution is -0.153. The molecule has 8 heteroatoms. The number of ether oxygens (including phenoxy) is 1. The SMILES string of the molecule is Cc1ccc(S(=O)(=O)CNC(=O)[C@@H]2COC(=O)[C@H](Cc3ccccc3)N2)cc1. The molecule has 1 amide bonds. The van der Waals surface area contributed by atoms with Crippen molar-refractivity contribution in [1.82, 2.24) is 10.6 Å². The van der Waals surface area contributed by atoms with Gasteiger partial charge in [-0.1, -0.05) is 48.0 Å². The van der Waals surface area contributed by atoms with Gasteiger partial charge in [0, 0.05) is 0 Å². The molecular formula is C20H22N2O5S. The van der Waals surface area contributed by atoms with E-state index in [9.17, 15) is 18.0 Å². The molecular weight excluding hydrogens is 380 g/mol. The van der Waals surface area contributed by atoms with E-state index in [0.717, 1.165) is 11.1 Å². The molecule has 0 saturated carbocycles. The van der Waals surface area contributed by atoms with Crippen LogP contribution in [0.2, 0.25) is 0 Å². The van der Waals surface area contributed by atoms with Crippen molar-refractivity contribution in [2.24, 2.45) is 0 Å². The molecule has 1 heterocycles. The molecule has 28 heavy (non-hydrogen) atoms. The Balaban J connectivity index is 1.59. The molecule has 0 aromatic heterocycles. The second-order valence-corrected chi connectivity index (χ2v) is 8.69. The Hall–Kier alpha value is -2.71. The molecule has 2 atom stereocenters. The summed E-state index contributed by atoms with van der Waals surface area (Å²) in [7, 11) is -3.65. The summed E-state index contributed by atoms with van der Waals surface area (Å²) in [6, 6.07) is 14.3. The van der Waals surface area contributed by atoms with Crippen molar-refractivity contribution < 1.29 is 22.7 Å². The van der Waals surface area contributed by atoms with Gasteiger partial charge in [-0.05, 0) is 31.0 Å². The third-order valence-corrected chi connectivity index (χ3v) is 6.01. The van der Waals surface area contributed by atoms with Gasteiger partial charge in [0.1, 0.15) is 24.6 Å². The topological polar surface area (TPSA) is 102 Å². The predicted molar refractivity (Wildman–Crippen MR) is 103 cm³/mol. The van der Waals surface area contributed by atoms with Crippen LogP contribution in [0.25, 0.3) is 0 Å². The van der Waals surface area contributed by atoms with E-state index in [1.165, 1.54) is 12.1 Å². The summed E-state index contributed by atoms with van der Waals surface area (Å²) >= 11 is 0. The van der Waals surface area contributed by atoms with Crippen molar-refractivity contribution in [3.05, 3.63) is 65.7 Å². The molecule has 1 fully saturated rings. The molecule has 2 aromatic rings. The maximum Gasteiger partial charge on any atom is 0.323 e. The first-order valence-corrected chi connectivity index (χ1v) is 10.5. The van der Waals surface area contributed by atoms with Crippen LogP contribution in [0.5, 0.6) is 0 Å². The Bertz CT molecular complexity index is 942. The van der Waals surface area contributed by atoms with E-state index in [-0.39, 0.29) is 11.5 Å². The van der Waals surface area contributed by atoms with Crippen molar-refractivity contribution in [3.63, 3.8) is 0 Å². The van der Waals surface area contributed by atoms with Gasteiger partial charge in [0.05, 0.1) is 4.90 Å². The molecule has 0 aliphatic carbocycles. The van der Waals surface area contributed by atoms with Gasteiger partial charge in [-0.25, -0.2) is 8.42 Å². The largest absolute Gasteiger partial charge is 0.462 e. The molecule has 1 aliphatic heterocycles. The van der Waals surface area contributed by atoms with Crippen LogP contribution in [-0.4, -0.2) is 44.9 Å². The van der Waals surface area contributed by atoms with Crippen molar-refractivity contribution in [2.45, 2.75) is 30.3 Å². The van der Waals surface area contributed by atoms with Gasteiger partial charge in [-0.15, -0.1) is 0 Å². The third-order valence-electron chi connectivity index (χ3n) is 4.49. The summed E-state index contributed by atoms with van der Waals surface area (Å²) < 4.78 is 29.9. The third kappa shape index (κ3) is 4.96. The Labute approximate surface area is 164 Å². The van der Waals surface area contributed by atoms with Crippen LogP contribution in [0.1, 0.15) is 11.1 Å². The highest BCUT2D eigenvalue weighted by Gasteiger charge is 2.34. The number of benzene rings is 2. The fraction of sp³-hybridized carbons (Fsp3) is 0.300. The second-order valence-electron chi connectivity index (χ2n) is 6.70. The zero-order chi connectivity index (χ0) is 20.1. The fourth-order valence-corrected chi connectivity index (χ4v) is 3.94. The lowest BCUT2D eigenvalue weighted by atomic mass is 10.0. The van der Waals surface area contributed by atoms with Crippen LogP contribution in [0, 0.1) is 6.92 Å². The molecule has 1 aliphatic rings. The second kappa shape index (κ2) is 8.53. The molecule has 148 valence electrons. The van der Waals surface area contributed by atoms with Gasteiger partial charge < -0.3 is 10.1 Å². The fourth-order valence-electron chi connectivity index (χ4n) is 2.89. The summed E-state index contributed by atoms with van der Waals surface area (Å²) in [6.07, 6.45) is 0.380. The average Bonchev–Trinajstić information content (AvgIpc) is 2.69. The first-order valence-electron chi connectivity index (χ1n) is 8.89. The number of esters is 1. The van der Waals surface area contributed by atoms with Crippen LogP contribution in [-0.2, 0) is 30.6 Å². The lowest BCUT2D eigenvalue weighted by Gasteiger charge is -2.29.